The molecule has 2 aromatic heterocycles. The second kappa shape index (κ2) is 5.26. The molecule has 0 amide bonds. The molecule has 0 radical (unpaired) electrons. The first-order valence-electron chi connectivity index (χ1n) is 6.89. The van der Waals surface area contributed by atoms with Crippen LogP contribution < -0.4 is 10.6 Å². The van der Waals surface area contributed by atoms with Crippen molar-refractivity contribution in [3.05, 3.63) is 23.3 Å². The fourth-order valence-corrected chi connectivity index (χ4v) is 2.63. The van der Waals surface area contributed by atoms with E-state index in [0.29, 0.717) is 28.0 Å². The predicted molar refractivity (Wildman–Crippen MR) is 79.4 cm³/mol. The van der Waals surface area contributed by atoms with Crippen LogP contribution in [-0.2, 0) is 0 Å². The Hall–Kier alpha value is -2.86. The van der Waals surface area contributed by atoms with Crippen LogP contribution in [0.5, 0.6) is 0 Å². The SMILES string of the molecule is N#Cc1cc2cc(C#N)c(N3CCCCC3)nc2nc1N. The fourth-order valence-electron chi connectivity index (χ4n) is 2.63. The molecule has 104 valence electrons. The Kier molecular flexibility index (Phi) is 3.29. The van der Waals surface area contributed by atoms with Crippen LogP contribution in [0.15, 0.2) is 12.1 Å². The first kappa shape index (κ1) is 13.1. The summed E-state index contributed by atoms with van der Waals surface area (Å²) in [6.07, 6.45) is 3.42. The van der Waals surface area contributed by atoms with Gasteiger partial charge in [-0.15, -0.1) is 0 Å². The van der Waals surface area contributed by atoms with Gasteiger partial charge in [-0.1, -0.05) is 0 Å². The standard InChI is InChI=1S/C15H14N6/c16-8-11-6-10-7-12(9-17)15(20-14(10)19-13(11)18)21-4-2-1-3-5-21/h6-7H,1-5H2,(H2,18,19,20). The third kappa shape index (κ3) is 2.32. The van der Waals surface area contributed by atoms with Gasteiger partial charge in [0, 0.05) is 18.5 Å². The number of pyridine rings is 2. The molecule has 0 aliphatic carbocycles. The molecule has 1 aliphatic rings. The van der Waals surface area contributed by atoms with Crippen LogP contribution in [0.4, 0.5) is 11.6 Å². The highest BCUT2D eigenvalue weighted by molar-refractivity contribution is 5.83. The van der Waals surface area contributed by atoms with Crippen molar-refractivity contribution in [1.82, 2.24) is 9.97 Å². The van der Waals surface area contributed by atoms with Crippen LogP contribution in [0.25, 0.3) is 11.0 Å². The Morgan fingerprint density at radius 3 is 2.33 bits per heavy atom. The Morgan fingerprint density at radius 2 is 1.67 bits per heavy atom. The van der Waals surface area contributed by atoms with Crippen LogP contribution in [0.2, 0.25) is 0 Å². The largest absolute Gasteiger partial charge is 0.383 e. The lowest BCUT2D eigenvalue weighted by Crippen LogP contribution is -2.30. The van der Waals surface area contributed by atoms with Gasteiger partial charge >= 0.3 is 0 Å². The predicted octanol–water partition coefficient (Wildman–Crippen LogP) is 1.95. The van der Waals surface area contributed by atoms with Crippen LogP contribution in [-0.4, -0.2) is 23.1 Å². The van der Waals surface area contributed by atoms with Crippen molar-refractivity contribution in [1.29, 1.82) is 10.5 Å². The molecular weight excluding hydrogens is 264 g/mol. The van der Waals surface area contributed by atoms with Crippen molar-refractivity contribution in [2.75, 3.05) is 23.7 Å². The maximum Gasteiger partial charge on any atom is 0.164 e. The van der Waals surface area contributed by atoms with E-state index in [1.807, 2.05) is 6.07 Å². The Balaban J connectivity index is 2.17. The van der Waals surface area contributed by atoms with Crippen LogP contribution in [0.3, 0.4) is 0 Å². The van der Waals surface area contributed by atoms with Crippen molar-refractivity contribution in [2.45, 2.75) is 19.3 Å². The third-order valence-corrected chi connectivity index (χ3v) is 3.71. The minimum Gasteiger partial charge on any atom is -0.383 e. The smallest absolute Gasteiger partial charge is 0.164 e. The van der Waals surface area contributed by atoms with Crippen molar-refractivity contribution >= 4 is 22.7 Å². The van der Waals surface area contributed by atoms with Gasteiger partial charge < -0.3 is 10.6 Å². The highest BCUT2D eigenvalue weighted by Crippen LogP contribution is 2.26. The van der Waals surface area contributed by atoms with E-state index in [2.05, 4.69) is 20.9 Å². The van der Waals surface area contributed by atoms with Gasteiger partial charge in [-0.05, 0) is 31.4 Å². The van der Waals surface area contributed by atoms with E-state index in [0.717, 1.165) is 25.9 Å². The Bertz CT molecular complexity index is 777. The summed E-state index contributed by atoms with van der Waals surface area (Å²) in [4.78, 5) is 10.8. The molecule has 6 heteroatoms. The number of rotatable bonds is 1. The van der Waals surface area contributed by atoms with E-state index in [4.69, 9.17) is 11.0 Å². The van der Waals surface area contributed by atoms with Crippen molar-refractivity contribution in [3.63, 3.8) is 0 Å². The van der Waals surface area contributed by atoms with Crippen molar-refractivity contribution in [3.8, 4) is 12.1 Å². The first-order valence-corrected chi connectivity index (χ1v) is 6.89. The molecule has 0 bridgehead atoms. The van der Waals surface area contributed by atoms with Crippen LogP contribution >= 0.6 is 0 Å². The summed E-state index contributed by atoms with van der Waals surface area (Å²) in [5.74, 6) is 0.841. The average molecular weight is 278 g/mol. The molecule has 0 spiro atoms. The van der Waals surface area contributed by atoms with Crippen LogP contribution in [0, 0.1) is 22.7 Å². The zero-order valence-corrected chi connectivity index (χ0v) is 11.5. The molecule has 0 atom stereocenters. The number of nitriles is 2. The fraction of sp³-hybridized carbons (Fsp3) is 0.333. The third-order valence-electron chi connectivity index (χ3n) is 3.71. The van der Waals surface area contributed by atoms with E-state index < -0.39 is 0 Å². The van der Waals surface area contributed by atoms with Crippen LogP contribution in [0.1, 0.15) is 30.4 Å². The zero-order valence-electron chi connectivity index (χ0n) is 11.5. The lowest BCUT2D eigenvalue weighted by atomic mass is 10.1. The number of piperidine rings is 1. The zero-order chi connectivity index (χ0) is 14.8. The van der Waals surface area contributed by atoms with E-state index >= 15 is 0 Å². The Morgan fingerprint density at radius 1 is 1.00 bits per heavy atom. The number of aromatic nitrogens is 2. The number of nitrogens with zero attached hydrogens (tertiary/aromatic N) is 5. The van der Waals surface area contributed by atoms with Crippen molar-refractivity contribution in [2.24, 2.45) is 0 Å². The molecule has 1 aliphatic heterocycles. The minimum absolute atomic E-state index is 0.173. The van der Waals surface area contributed by atoms with Gasteiger partial charge in [-0.25, -0.2) is 9.97 Å². The molecular formula is C15H14N6. The van der Waals surface area contributed by atoms with Gasteiger partial charge in [0.1, 0.15) is 23.8 Å². The highest BCUT2D eigenvalue weighted by Gasteiger charge is 2.18. The molecule has 3 heterocycles. The molecule has 0 aromatic carbocycles. The highest BCUT2D eigenvalue weighted by atomic mass is 15.2. The summed E-state index contributed by atoms with van der Waals surface area (Å²) in [7, 11) is 0. The van der Waals surface area contributed by atoms with Crippen molar-refractivity contribution < 1.29 is 0 Å². The van der Waals surface area contributed by atoms with Gasteiger partial charge in [0.05, 0.1) is 11.1 Å². The lowest BCUT2D eigenvalue weighted by Gasteiger charge is -2.28. The molecule has 1 saturated heterocycles. The number of nitrogen functional groups attached to an aromatic ring is 1. The summed E-state index contributed by atoms with van der Waals surface area (Å²) in [5.41, 5.74) is 7.04. The second-order valence-electron chi connectivity index (χ2n) is 5.10. The number of hydrogen-bond donors (Lipinski definition) is 1. The minimum atomic E-state index is 0.173. The van der Waals surface area contributed by atoms with Gasteiger partial charge in [0.25, 0.3) is 0 Å². The number of anilines is 2. The average Bonchev–Trinajstić information content (AvgIpc) is 2.54. The van der Waals surface area contributed by atoms with Gasteiger partial charge in [-0.2, -0.15) is 10.5 Å². The van der Waals surface area contributed by atoms with E-state index in [1.165, 1.54) is 6.42 Å². The van der Waals surface area contributed by atoms with Gasteiger partial charge in [-0.3, -0.25) is 0 Å². The quantitative estimate of drug-likeness (QED) is 0.855. The summed E-state index contributed by atoms with van der Waals surface area (Å²) in [6.45, 7) is 1.80. The summed E-state index contributed by atoms with van der Waals surface area (Å²) in [5, 5.41) is 19.0. The first-order chi connectivity index (χ1) is 10.2. The summed E-state index contributed by atoms with van der Waals surface area (Å²) >= 11 is 0. The normalized spacial score (nSPS) is 14.7. The maximum atomic E-state index is 9.36. The molecule has 1 fully saturated rings. The Labute approximate surface area is 122 Å². The summed E-state index contributed by atoms with van der Waals surface area (Å²) < 4.78 is 0. The van der Waals surface area contributed by atoms with E-state index in [9.17, 15) is 5.26 Å². The van der Waals surface area contributed by atoms with E-state index in [1.54, 1.807) is 12.1 Å². The lowest BCUT2D eigenvalue weighted by molar-refractivity contribution is 0.573. The topological polar surface area (TPSA) is 103 Å². The maximum absolute atomic E-state index is 9.36. The molecule has 6 nitrogen and oxygen atoms in total. The molecule has 2 N–H and O–H groups in total. The molecule has 21 heavy (non-hydrogen) atoms. The van der Waals surface area contributed by atoms with Gasteiger partial charge in [0.2, 0.25) is 0 Å². The number of nitrogens with two attached hydrogens (primary N) is 1. The van der Waals surface area contributed by atoms with Gasteiger partial charge in [0.15, 0.2) is 5.65 Å². The summed E-state index contributed by atoms with van der Waals surface area (Å²) in [6, 6.07) is 7.55. The molecule has 0 saturated carbocycles. The number of fused-ring (bicyclic) bond motifs is 1. The molecule has 0 unspecified atom stereocenters. The second-order valence-corrected chi connectivity index (χ2v) is 5.10. The number of hydrogen-bond acceptors (Lipinski definition) is 6. The monoisotopic (exact) mass is 278 g/mol. The molecule has 2 aromatic rings. The molecule has 3 rings (SSSR count). The van der Waals surface area contributed by atoms with E-state index in [-0.39, 0.29) is 5.82 Å².